The van der Waals surface area contributed by atoms with Gasteiger partial charge in [-0.05, 0) is 45.2 Å². The van der Waals surface area contributed by atoms with E-state index in [1.165, 1.54) is 24.8 Å². The van der Waals surface area contributed by atoms with Crippen LogP contribution in [0.3, 0.4) is 0 Å². The first-order chi connectivity index (χ1) is 10.1. The Kier molecular flexibility index (Phi) is 5.80. The zero-order valence-corrected chi connectivity index (χ0v) is 13.7. The van der Waals surface area contributed by atoms with Crippen molar-refractivity contribution in [3.05, 3.63) is 35.9 Å². The number of nitrogens with one attached hydrogen (secondary N) is 1. The number of likely N-dealkylation sites (tertiary alicyclic amines) is 1. The summed E-state index contributed by atoms with van der Waals surface area (Å²) in [5, 5.41) is 13.8. The minimum atomic E-state index is -0.368. The summed E-state index contributed by atoms with van der Waals surface area (Å²) in [6, 6.07) is 11.4. The monoisotopic (exact) mass is 290 g/mol. The van der Waals surface area contributed by atoms with E-state index in [0.717, 1.165) is 13.1 Å². The first-order valence-electron chi connectivity index (χ1n) is 8.29. The molecule has 0 bridgehead atoms. The number of aliphatic hydroxyl groups is 1. The van der Waals surface area contributed by atoms with Gasteiger partial charge in [-0.3, -0.25) is 4.90 Å². The molecule has 3 nitrogen and oxygen atoms in total. The van der Waals surface area contributed by atoms with Crippen LogP contribution in [-0.2, 0) is 5.54 Å². The van der Waals surface area contributed by atoms with Crippen molar-refractivity contribution in [1.82, 2.24) is 10.2 Å². The third-order valence-corrected chi connectivity index (χ3v) is 4.60. The molecule has 0 saturated carbocycles. The zero-order valence-electron chi connectivity index (χ0n) is 13.7. The summed E-state index contributed by atoms with van der Waals surface area (Å²) < 4.78 is 0. The van der Waals surface area contributed by atoms with Gasteiger partial charge in [-0.25, -0.2) is 0 Å². The van der Waals surface area contributed by atoms with Gasteiger partial charge in [0.1, 0.15) is 0 Å². The van der Waals surface area contributed by atoms with Crippen molar-refractivity contribution in [2.45, 2.75) is 57.7 Å². The van der Waals surface area contributed by atoms with Crippen molar-refractivity contribution >= 4 is 0 Å². The van der Waals surface area contributed by atoms with Crippen LogP contribution >= 0.6 is 0 Å². The topological polar surface area (TPSA) is 35.5 Å². The lowest BCUT2D eigenvalue weighted by Gasteiger charge is -2.40. The summed E-state index contributed by atoms with van der Waals surface area (Å²) in [7, 11) is 0. The van der Waals surface area contributed by atoms with Gasteiger partial charge in [-0.1, -0.05) is 37.3 Å². The van der Waals surface area contributed by atoms with E-state index in [1.54, 1.807) is 0 Å². The molecule has 0 amide bonds. The van der Waals surface area contributed by atoms with Crippen molar-refractivity contribution in [1.29, 1.82) is 0 Å². The van der Waals surface area contributed by atoms with E-state index in [0.29, 0.717) is 12.1 Å². The SMILES string of the molecule is CCC1CCCN1CC(CO)(NC(C)C)c1ccccc1. The second kappa shape index (κ2) is 7.39. The second-order valence-electron chi connectivity index (χ2n) is 6.58. The van der Waals surface area contributed by atoms with Crippen LogP contribution in [0.4, 0.5) is 0 Å². The van der Waals surface area contributed by atoms with Gasteiger partial charge in [-0.2, -0.15) is 0 Å². The molecule has 2 unspecified atom stereocenters. The van der Waals surface area contributed by atoms with Gasteiger partial charge in [0, 0.05) is 18.6 Å². The lowest BCUT2D eigenvalue weighted by Crippen LogP contribution is -2.56. The van der Waals surface area contributed by atoms with Gasteiger partial charge < -0.3 is 10.4 Å². The fraction of sp³-hybridized carbons (Fsp3) is 0.667. The van der Waals surface area contributed by atoms with E-state index in [4.69, 9.17) is 0 Å². The maximum atomic E-state index is 10.2. The molecule has 1 saturated heterocycles. The fourth-order valence-electron chi connectivity index (χ4n) is 3.63. The minimum Gasteiger partial charge on any atom is -0.394 e. The third kappa shape index (κ3) is 3.85. The summed E-state index contributed by atoms with van der Waals surface area (Å²) in [5.74, 6) is 0. The standard InChI is InChI=1S/C18H30N2O/c1-4-17-11-8-12-20(17)13-18(14-21,19-15(2)3)16-9-6-5-7-10-16/h5-7,9-10,15,17,19,21H,4,8,11-14H2,1-3H3. The highest BCUT2D eigenvalue weighted by molar-refractivity contribution is 5.26. The Morgan fingerprint density at radius 2 is 2.05 bits per heavy atom. The molecule has 118 valence electrons. The highest BCUT2D eigenvalue weighted by Crippen LogP contribution is 2.28. The van der Waals surface area contributed by atoms with Gasteiger partial charge >= 0.3 is 0 Å². The molecular formula is C18H30N2O. The van der Waals surface area contributed by atoms with Crippen LogP contribution in [0.5, 0.6) is 0 Å². The molecule has 3 heteroatoms. The van der Waals surface area contributed by atoms with Gasteiger partial charge in [0.2, 0.25) is 0 Å². The Morgan fingerprint density at radius 1 is 1.33 bits per heavy atom. The average molecular weight is 290 g/mol. The molecule has 1 aliphatic rings. The first kappa shape index (κ1) is 16.5. The summed E-state index contributed by atoms with van der Waals surface area (Å²) in [4.78, 5) is 2.55. The molecule has 2 atom stereocenters. The van der Waals surface area contributed by atoms with Gasteiger partial charge in [0.25, 0.3) is 0 Å². The Morgan fingerprint density at radius 3 is 2.62 bits per heavy atom. The predicted molar refractivity (Wildman–Crippen MR) is 88.4 cm³/mol. The molecule has 1 fully saturated rings. The highest BCUT2D eigenvalue weighted by atomic mass is 16.3. The van der Waals surface area contributed by atoms with Crippen molar-refractivity contribution in [2.75, 3.05) is 19.7 Å². The van der Waals surface area contributed by atoms with Crippen LogP contribution in [0.25, 0.3) is 0 Å². The lowest BCUT2D eigenvalue weighted by atomic mass is 9.88. The number of rotatable bonds is 7. The summed E-state index contributed by atoms with van der Waals surface area (Å²) >= 11 is 0. The number of hydrogen-bond acceptors (Lipinski definition) is 3. The summed E-state index contributed by atoms with van der Waals surface area (Å²) in [5.41, 5.74) is 0.815. The van der Waals surface area contributed by atoms with E-state index >= 15 is 0 Å². The molecule has 0 radical (unpaired) electrons. The van der Waals surface area contributed by atoms with E-state index in [9.17, 15) is 5.11 Å². The molecule has 2 rings (SSSR count). The van der Waals surface area contributed by atoms with Crippen LogP contribution in [0.1, 0.15) is 45.6 Å². The van der Waals surface area contributed by atoms with Gasteiger partial charge in [-0.15, -0.1) is 0 Å². The van der Waals surface area contributed by atoms with Crippen molar-refractivity contribution < 1.29 is 5.11 Å². The first-order valence-corrected chi connectivity index (χ1v) is 8.29. The predicted octanol–water partition coefficient (Wildman–Crippen LogP) is 2.75. The molecule has 0 aromatic heterocycles. The highest BCUT2D eigenvalue weighted by Gasteiger charge is 2.37. The number of benzene rings is 1. The maximum absolute atomic E-state index is 10.2. The second-order valence-corrected chi connectivity index (χ2v) is 6.58. The van der Waals surface area contributed by atoms with Crippen LogP contribution in [-0.4, -0.2) is 41.8 Å². The van der Waals surface area contributed by atoms with Crippen molar-refractivity contribution in [3.8, 4) is 0 Å². The Bertz CT molecular complexity index is 420. The Hall–Kier alpha value is -0.900. The average Bonchev–Trinajstić information content (AvgIpc) is 2.94. The zero-order chi connectivity index (χ0) is 15.3. The number of nitrogens with zero attached hydrogens (tertiary/aromatic N) is 1. The number of aliphatic hydroxyl groups excluding tert-OH is 1. The van der Waals surface area contributed by atoms with Gasteiger partial charge in [0.15, 0.2) is 0 Å². The summed E-state index contributed by atoms with van der Waals surface area (Å²) in [6.45, 7) is 8.71. The third-order valence-electron chi connectivity index (χ3n) is 4.60. The molecule has 21 heavy (non-hydrogen) atoms. The van der Waals surface area contributed by atoms with E-state index < -0.39 is 0 Å². The quantitative estimate of drug-likeness (QED) is 0.810. The van der Waals surface area contributed by atoms with E-state index in [-0.39, 0.29) is 12.1 Å². The smallest absolute Gasteiger partial charge is 0.0799 e. The van der Waals surface area contributed by atoms with Gasteiger partial charge in [0.05, 0.1) is 12.1 Å². The maximum Gasteiger partial charge on any atom is 0.0799 e. The lowest BCUT2D eigenvalue weighted by molar-refractivity contribution is 0.0921. The molecule has 0 aliphatic carbocycles. The van der Waals surface area contributed by atoms with Crippen LogP contribution < -0.4 is 5.32 Å². The van der Waals surface area contributed by atoms with Crippen LogP contribution in [0.2, 0.25) is 0 Å². The van der Waals surface area contributed by atoms with Crippen LogP contribution in [0, 0.1) is 0 Å². The minimum absolute atomic E-state index is 0.127. The number of hydrogen-bond donors (Lipinski definition) is 2. The molecule has 1 aliphatic heterocycles. The van der Waals surface area contributed by atoms with Crippen LogP contribution in [0.15, 0.2) is 30.3 Å². The molecule has 2 N–H and O–H groups in total. The Labute approximate surface area is 129 Å². The molecular weight excluding hydrogens is 260 g/mol. The fourth-order valence-corrected chi connectivity index (χ4v) is 3.63. The Balaban J connectivity index is 2.26. The van der Waals surface area contributed by atoms with Crippen molar-refractivity contribution in [3.63, 3.8) is 0 Å². The molecule has 1 heterocycles. The largest absolute Gasteiger partial charge is 0.394 e. The van der Waals surface area contributed by atoms with Crippen molar-refractivity contribution in [2.24, 2.45) is 0 Å². The normalized spacial score (nSPS) is 22.6. The molecule has 1 aromatic rings. The molecule has 0 spiro atoms. The summed E-state index contributed by atoms with van der Waals surface area (Å²) in [6.07, 6.45) is 3.75. The van der Waals surface area contributed by atoms with E-state index in [2.05, 4.69) is 55.3 Å². The van der Waals surface area contributed by atoms with E-state index in [1.807, 2.05) is 6.07 Å². The molecule has 1 aromatic carbocycles.